The summed E-state index contributed by atoms with van der Waals surface area (Å²) >= 11 is 0. The molecule has 2 aromatic rings. The van der Waals surface area contributed by atoms with Crippen molar-refractivity contribution in [1.82, 2.24) is 0 Å². The number of carbonyl (C=O) groups excluding carboxylic acids is 2. The predicted molar refractivity (Wildman–Crippen MR) is 85.8 cm³/mol. The Balaban J connectivity index is 1.89. The number of hydrogen-bond acceptors (Lipinski definition) is 3. The molecule has 0 amide bonds. The summed E-state index contributed by atoms with van der Waals surface area (Å²) in [5.74, 6) is -0.374. The molecule has 0 N–H and O–H groups in total. The summed E-state index contributed by atoms with van der Waals surface area (Å²) in [6, 6.07) is 17.8. The molecule has 0 aliphatic heterocycles. The molecular formula is C19H18O3. The summed E-state index contributed by atoms with van der Waals surface area (Å²) in [5, 5.41) is 0. The fraction of sp³-hybridized carbons (Fsp3) is 0.158. The third-order valence-electron chi connectivity index (χ3n) is 3.28. The molecule has 0 spiro atoms. The highest BCUT2D eigenvalue weighted by Crippen LogP contribution is 2.12. The van der Waals surface area contributed by atoms with Gasteiger partial charge in [0, 0.05) is 12.0 Å². The number of carbonyl (C=O) groups is 2. The second-order valence-corrected chi connectivity index (χ2v) is 4.87. The quantitative estimate of drug-likeness (QED) is 0.439. The highest BCUT2D eigenvalue weighted by molar-refractivity contribution is 5.96. The number of ketones is 1. The van der Waals surface area contributed by atoms with Gasteiger partial charge in [0.15, 0.2) is 5.78 Å². The molecule has 0 saturated heterocycles. The average molecular weight is 294 g/mol. The van der Waals surface area contributed by atoms with Crippen LogP contribution in [0.15, 0.2) is 73.3 Å². The first kappa shape index (κ1) is 15.7. The van der Waals surface area contributed by atoms with Crippen LogP contribution < -0.4 is 0 Å². The van der Waals surface area contributed by atoms with Gasteiger partial charge in [0.1, 0.15) is 6.10 Å². The zero-order valence-corrected chi connectivity index (χ0v) is 12.3. The van der Waals surface area contributed by atoms with E-state index >= 15 is 0 Å². The first-order valence-electron chi connectivity index (χ1n) is 7.17. The van der Waals surface area contributed by atoms with Crippen LogP contribution in [0.1, 0.15) is 33.6 Å². The molecule has 0 heterocycles. The molecule has 1 atom stereocenters. The van der Waals surface area contributed by atoms with E-state index in [1.165, 1.54) is 0 Å². The maximum absolute atomic E-state index is 12.0. The lowest BCUT2D eigenvalue weighted by molar-refractivity contribution is 0.0374. The van der Waals surface area contributed by atoms with Gasteiger partial charge in [0.05, 0.1) is 5.56 Å². The minimum Gasteiger partial charge on any atom is -0.455 e. The zero-order valence-electron chi connectivity index (χ0n) is 12.3. The van der Waals surface area contributed by atoms with Crippen molar-refractivity contribution in [3.05, 3.63) is 84.4 Å². The Morgan fingerprint density at radius 1 is 0.955 bits per heavy atom. The van der Waals surface area contributed by atoms with E-state index in [-0.39, 0.29) is 5.78 Å². The van der Waals surface area contributed by atoms with E-state index in [1.54, 1.807) is 42.5 Å². The van der Waals surface area contributed by atoms with E-state index in [9.17, 15) is 9.59 Å². The van der Waals surface area contributed by atoms with Crippen molar-refractivity contribution >= 4 is 11.8 Å². The molecule has 112 valence electrons. The lowest BCUT2D eigenvalue weighted by Crippen LogP contribution is -2.17. The molecule has 0 aromatic heterocycles. The Labute approximate surface area is 130 Å². The second kappa shape index (κ2) is 7.93. The van der Waals surface area contributed by atoms with Gasteiger partial charge in [-0.2, -0.15) is 0 Å². The van der Waals surface area contributed by atoms with Crippen molar-refractivity contribution < 1.29 is 14.3 Å². The smallest absolute Gasteiger partial charge is 0.338 e. The normalized spacial score (nSPS) is 11.5. The van der Waals surface area contributed by atoms with Gasteiger partial charge in [-0.25, -0.2) is 4.79 Å². The number of ether oxygens (including phenoxy) is 1. The van der Waals surface area contributed by atoms with Gasteiger partial charge in [0.25, 0.3) is 0 Å². The molecule has 2 rings (SSSR count). The molecule has 2 aromatic carbocycles. The van der Waals surface area contributed by atoms with Crippen molar-refractivity contribution in [2.24, 2.45) is 0 Å². The second-order valence-electron chi connectivity index (χ2n) is 4.87. The highest BCUT2D eigenvalue weighted by atomic mass is 16.5. The Morgan fingerprint density at radius 2 is 1.50 bits per heavy atom. The fourth-order valence-corrected chi connectivity index (χ4v) is 2.05. The highest BCUT2D eigenvalue weighted by Gasteiger charge is 2.15. The van der Waals surface area contributed by atoms with Crippen LogP contribution in [0.4, 0.5) is 0 Å². The molecule has 0 aliphatic carbocycles. The Hall–Kier alpha value is -2.68. The Morgan fingerprint density at radius 3 is 2.05 bits per heavy atom. The number of rotatable bonds is 7. The van der Waals surface area contributed by atoms with Crippen LogP contribution in [-0.2, 0) is 4.74 Å². The van der Waals surface area contributed by atoms with Gasteiger partial charge in [0.2, 0.25) is 0 Å². The largest absolute Gasteiger partial charge is 0.455 e. The van der Waals surface area contributed by atoms with Crippen LogP contribution in [-0.4, -0.2) is 17.9 Å². The predicted octanol–water partition coefficient (Wildman–Crippen LogP) is 4.06. The molecule has 0 aliphatic rings. The van der Waals surface area contributed by atoms with Gasteiger partial charge < -0.3 is 4.74 Å². The maximum Gasteiger partial charge on any atom is 0.338 e. The molecule has 0 fully saturated rings. The molecule has 22 heavy (non-hydrogen) atoms. The standard InChI is InChI=1S/C19H18O3/c1-2-17(22-19(21)16-11-7-4-8-12-16)13-14-18(20)15-9-5-3-6-10-15/h2-12,17H,1,13-14H2. The number of benzene rings is 2. The first-order valence-corrected chi connectivity index (χ1v) is 7.17. The lowest BCUT2D eigenvalue weighted by Gasteiger charge is -2.13. The fourth-order valence-electron chi connectivity index (χ4n) is 2.05. The van der Waals surface area contributed by atoms with Crippen LogP contribution in [0.25, 0.3) is 0 Å². The van der Waals surface area contributed by atoms with E-state index in [2.05, 4.69) is 6.58 Å². The molecule has 0 radical (unpaired) electrons. The molecule has 3 nitrogen and oxygen atoms in total. The first-order chi connectivity index (χ1) is 10.7. The van der Waals surface area contributed by atoms with Crippen LogP contribution in [0.5, 0.6) is 0 Å². The van der Waals surface area contributed by atoms with Gasteiger partial charge in [-0.05, 0) is 18.6 Å². The summed E-state index contributed by atoms with van der Waals surface area (Å²) < 4.78 is 5.36. The van der Waals surface area contributed by atoms with Crippen molar-refractivity contribution in [2.75, 3.05) is 0 Å². The van der Waals surface area contributed by atoms with Crippen molar-refractivity contribution in [3.63, 3.8) is 0 Å². The molecule has 0 bridgehead atoms. The molecule has 3 heteroatoms. The van der Waals surface area contributed by atoms with Crippen LogP contribution >= 0.6 is 0 Å². The van der Waals surface area contributed by atoms with Gasteiger partial charge in [-0.3, -0.25) is 4.79 Å². The van der Waals surface area contributed by atoms with Crippen molar-refractivity contribution in [3.8, 4) is 0 Å². The minimum absolute atomic E-state index is 0.0308. The van der Waals surface area contributed by atoms with Crippen LogP contribution in [0.3, 0.4) is 0 Å². The van der Waals surface area contributed by atoms with Gasteiger partial charge >= 0.3 is 5.97 Å². The van der Waals surface area contributed by atoms with E-state index in [4.69, 9.17) is 4.74 Å². The SMILES string of the molecule is C=CC(CCC(=O)c1ccccc1)OC(=O)c1ccccc1. The monoisotopic (exact) mass is 294 g/mol. The third-order valence-corrected chi connectivity index (χ3v) is 3.28. The topological polar surface area (TPSA) is 43.4 Å². The summed E-state index contributed by atoms with van der Waals surface area (Å²) in [5.41, 5.74) is 1.16. The number of hydrogen-bond donors (Lipinski definition) is 0. The number of esters is 1. The minimum atomic E-state index is -0.472. The summed E-state index contributed by atoms with van der Waals surface area (Å²) in [7, 11) is 0. The lowest BCUT2D eigenvalue weighted by atomic mass is 10.0. The van der Waals surface area contributed by atoms with E-state index < -0.39 is 12.1 Å². The zero-order chi connectivity index (χ0) is 15.8. The summed E-state index contributed by atoms with van der Waals surface area (Å²) in [6.07, 6.45) is 1.82. The van der Waals surface area contributed by atoms with E-state index in [1.807, 2.05) is 24.3 Å². The van der Waals surface area contributed by atoms with Crippen molar-refractivity contribution in [2.45, 2.75) is 18.9 Å². The Kier molecular flexibility index (Phi) is 5.66. The Bertz CT molecular complexity index is 632. The van der Waals surface area contributed by atoms with Crippen molar-refractivity contribution in [1.29, 1.82) is 0 Å². The van der Waals surface area contributed by atoms with Gasteiger partial charge in [-0.15, -0.1) is 0 Å². The summed E-state index contributed by atoms with van der Waals surface area (Å²) in [6.45, 7) is 3.67. The molecule has 0 saturated carbocycles. The molecular weight excluding hydrogens is 276 g/mol. The van der Waals surface area contributed by atoms with E-state index in [0.29, 0.717) is 24.0 Å². The molecule has 1 unspecified atom stereocenters. The number of Topliss-reactive ketones (excluding diaryl/α,β-unsaturated/α-hetero) is 1. The summed E-state index contributed by atoms with van der Waals surface area (Å²) in [4.78, 5) is 24.0. The average Bonchev–Trinajstić information content (AvgIpc) is 2.59. The maximum atomic E-state index is 12.0. The van der Waals surface area contributed by atoms with Crippen LogP contribution in [0, 0.1) is 0 Å². The van der Waals surface area contributed by atoms with E-state index in [0.717, 1.165) is 0 Å². The van der Waals surface area contributed by atoms with Crippen LogP contribution in [0.2, 0.25) is 0 Å². The van der Waals surface area contributed by atoms with Gasteiger partial charge in [-0.1, -0.05) is 61.2 Å². The third kappa shape index (κ3) is 4.42.